The van der Waals surface area contributed by atoms with Crippen LogP contribution in [0.2, 0.25) is 0 Å². The average Bonchev–Trinajstić information content (AvgIpc) is 1.79. The lowest BCUT2D eigenvalue weighted by Gasteiger charge is -2.17. The summed E-state index contributed by atoms with van der Waals surface area (Å²) in [5.41, 5.74) is 4.98. The van der Waals surface area contributed by atoms with Crippen LogP contribution in [0.4, 0.5) is 13.2 Å². The number of hydrogen-bond donors (Lipinski definition) is 2. The molecular formula is C6H12F3N3. The molecule has 0 saturated heterocycles. The van der Waals surface area contributed by atoms with Gasteiger partial charge in [-0.3, -0.25) is 10.3 Å². The lowest BCUT2D eigenvalue weighted by Crippen LogP contribution is -2.33. The van der Waals surface area contributed by atoms with Gasteiger partial charge in [-0.1, -0.05) is 0 Å². The van der Waals surface area contributed by atoms with Gasteiger partial charge < -0.3 is 5.73 Å². The molecule has 12 heavy (non-hydrogen) atoms. The zero-order chi connectivity index (χ0) is 9.78. The van der Waals surface area contributed by atoms with Gasteiger partial charge in [0.2, 0.25) is 0 Å². The summed E-state index contributed by atoms with van der Waals surface area (Å²) in [6.45, 7) is -0.797. The zero-order valence-electron chi connectivity index (χ0n) is 6.78. The molecule has 0 aromatic carbocycles. The fourth-order valence-corrected chi connectivity index (χ4v) is 0.696. The highest BCUT2D eigenvalue weighted by Crippen LogP contribution is 2.15. The van der Waals surface area contributed by atoms with Crippen LogP contribution in [0.15, 0.2) is 0 Å². The third-order valence-corrected chi connectivity index (χ3v) is 1.21. The highest BCUT2D eigenvalue weighted by atomic mass is 19.4. The molecular weight excluding hydrogens is 171 g/mol. The van der Waals surface area contributed by atoms with E-state index in [4.69, 9.17) is 11.1 Å². The third kappa shape index (κ3) is 7.33. The molecule has 3 nitrogen and oxygen atoms in total. The van der Waals surface area contributed by atoms with Crippen LogP contribution in [-0.4, -0.2) is 37.0 Å². The van der Waals surface area contributed by atoms with Gasteiger partial charge in [-0.15, -0.1) is 0 Å². The Bertz CT molecular complexity index is 155. The van der Waals surface area contributed by atoms with E-state index in [0.29, 0.717) is 0 Å². The van der Waals surface area contributed by atoms with E-state index in [9.17, 15) is 13.2 Å². The monoisotopic (exact) mass is 183 g/mol. The molecule has 72 valence electrons. The molecule has 0 spiro atoms. The van der Waals surface area contributed by atoms with Crippen molar-refractivity contribution in [3.05, 3.63) is 0 Å². The molecule has 0 amide bonds. The second kappa shape index (κ2) is 4.30. The van der Waals surface area contributed by atoms with E-state index in [1.54, 1.807) is 0 Å². The summed E-state index contributed by atoms with van der Waals surface area (Å²) in [6, 6.07) is 0. The fraction of sp³-hybridized carbons (Fsp3) is 0.833. The number of nitrogens with one attached hydrogen (secondary N) is 1. The van der Waals surface area contributed by atoms with Crippen molar-refractivity contribution in [3.8, 4) is 0 Å². The Hall–Kier alpha value is -0.780. The second-order valence-corrected chi connectivity index (χ2v) is 2.63. The van der Waals surface area contributed by atoms with Crippen molar-refractivity contribution in [2.75, 3.05) is 20.1 Å². The summed E-state index contributed by atoms with van der Waals surface area (Å²) in [7, 11) is 1.34. The normalized spacial score (nSPS) is 12.1. The first-order chi connectivity index (χ1) is 5.31. The number of amidine groups is 1. The molecule has 3 N–H and O–H groups in total. The molecule has 0 aromatic heterocycles. The van der Waals surface area contributed by atoms with Crippen molar-refractivity contribution < 1.29 is 13.2 Å². The minimum absolute atomic E-state index is 0.0935. The van der Waals surface area contributed by atoms with Crippen LogP contribution in [0.3, 0.4) is 0 Å². The van der Waals surface area contributed by atoms with E-state index < -0.39 is 12.7 Å². The quantitative estimate of drug-likeness (QED) is 0.500. The van der Waals surface area contributed by atoms with Gasteiger partial charge in [0.1, 0.15) is 0 Å². The van der Waals surface area contributed by atoms with Gasteiger partial charge in [-0.05, 0) is 7.05 Å². The SMILES string of the molecule is CN(CCC(=N)N)CC(F)(F)F. The van der Waals surface area contributed by atoms with Gasteiger partial charge in [0.05, 0.1) is 12.4 Å². The summed E-state index contributed by atoms with van der Waals surface area (Å²) >= 11 is 0. The summed E-state index contributed by atoms with van der Waals surface area (Å²) in [6.07, 6.45) is -4.00. The Morgan fingerprint density at radius 3 is 2.33 bits per heavy atom. The van der Waals surface area contributed by atoms with Gasteiger partial charge in [0, 0.05) is 13.0 Å². The van der Waals surface area contributed by atoms with Crippen molar-refractivity contribution in [2.45, 2.75) is 12.6 Å². The second-order valence-electron chi connectivity index (χ2n) is 2.63. The molecule has 0 aliphatic carbocycles. The van der Waals surface area contributed by atoms with Crippen molar-refractivity contribution in [2.24, 2.45) is 5.73 Å². The summed E-state index contributed by atoms with van der Waals surface area (Å²) in [5.74, 6) is -0.0935. The number of rotatable bonds is 4. The number of nitrogens with zero attached hydrogens (tertiary/aromatic N) is 1. The highest BCUT2D eigenvalue weighted by Gasteiger charge is 2.28. The largest absolute Gasteiger partial charge is 0.401 e. The first-order valence-corrected chi connectivity index (χ1v) is 3.39. The molecule has 0 unspecified atom stereocenters. The van der Waals surface area contributed by atoms with E-state index in [0.717, 1.165) is 4.90 Å². The van der Waals surface area contributed by atoms with Crippen LogP contribution in [-0.2, 0) is 0 Å². The summed E-state index contributed by atoms with van der Waals surface area (Å²) < 4.78 is 35.1. The molecule has 0 aromatic rings. The van der Waals surface area contributed by atoms with Crippen molar-refractivity contribution in [1.82, 2.24) is 4.90 Å². The van der Waals surface area contributed by atoms with Crippen LogP contribution in [0.25, 0.3) is 0 Å². The minimum Gasteiger partial charge on any atom is -0.388 e. The standard InChI is InChI=1S/C6H12F3N3/c1-12(3-2-5(10)11)4-6(7,8)9/h2-4H2,1H3,(H3,10,11). The molecule has 0 atom stereocenters. The van der Waals surface area contributed by atoms with Crippen LogP contribution in [0.5, 0.6) is 0 Å². The Morgan fingerprint density at radius 2 is 2.00 bits per heavy atom. The Labute approximate surface area is 68.8 Å². The molecule has 0 bridgehead atoms. The van der Waals surface area contributed by atoms with E-state index in [2.05, 4.69) is 0 Å². The van der Waals surface area contributed by atoms with Crippen LogP contribution >= 0.6 is 0 Å². The van der Waals surface area contributed by atoms with Gasteiger partial charge in [0.25, 0.3) is 0 Å². The topological polar surface area (TPSA) is 53.1 Å². The molecule has 0 radical (unpaired) electrons. The maximum absolute atomic E-state index is 11.7. The van der Waals surface area contributed by atoms with Gasteiger partial charge in [-0.2, -0.15) is 13.2 Å². The van der Waals surface area contributed by atoms with Crippen molar-refractivity contribution >= 4 is 5.84 Å². The summed E-state index contributed by atoms with van der Waals surface area (Å²) in [5, 5.41) is 6.79. The number of hydrogen-bond acceptors (Lipinski definition) is 2. The van der Waals surface area contributed by atoms with Gasteiger partial charge >= 0.3 is 6.18 Å². The lowest BCUT2D eigenvalue weighted by atomic mass is 10.3. The highest BCUT2D eigenvalue weighted by molar-refractivity contribution is 5.76. The van der Waals surface area contributed by atoms with Crippen LogP contribution in [0, 0.1) is 5.41 Å². The Morgan fingerprint density at radius 1 is 1.50 bits per heavy atom. The maximum atomic E-state index is 11.7. The predicted molar refractivity (Wildman–Crippen MR) is 40.1 cm³/mol. The Kier molecular flexibility index (Phi) is 4.02. The molecule has 0 fully saturated rings. The molecule has 6 heteroatoms. The lowest BCUT2D eigenvalue weighted by molar-refractivity contribution is -0.142. The smallest absolute Gasteiger partial charge is 0.388 e. The maximum Gasteiger partial charge on any atom is 0.401 e. The van der Waals surface area contributed by atoms with E-state index >= 15 is 0 Å². The zero-order valence-corrected chi connectivity index (χ0v) is 6.78. The minimum atomic E-state index is -4.18. The summed E-state index contributed by atoms with van der Waals surface area (Å²) in [4.78, 5) is 1.08. The van der Waals surface area contributed by atoms with E-state index in [1.807, 2.05) is 0 Å². The average molecular weight is 183 g/mol. The molecule has 0 heterocycles. The third-order valence-electron chi connectivity index (χ3n) is 1.21. The Balaban J connectivity index is 3.60. The molecule has 0 rings (SSSR count). The fourth-order valence-electron chi connectivity index (χ4n) is 0.696. The van der Waals surface area contributed by atoms with Gasteiger partial charge in [0.15, 0.2) is 0 Å². The van der Waals surface area contributed by atoms with Crippen LogP contribution in [0.1, 0.15) is 6.42 Å². The van der Waals surface area contributed by atoms with E-state index in [1.165, 1.54) is 7.05 Å². The molecule has 0 aliphatic heterocycles. The van der Waals surface area contributed by atoms with Gasteiger partial charge in [-0.25, -0.2) is 0 Å². The molecule has 0 saturated carbocycles. The van der Waals surface area contributed by atoms with Crippen LogP contribution < -0.4 is 5.73 Å². The number of alkyl halides is 3. The number of nitrogens with two attached hydrogens (primary N) is 1. The first-order valence-electron chi connectivity index (χ1n) is 3.39. The molecule has 0 aliphatic rings. The van der Waals surface area contributed by atoms with E-state index in [-0.39, 0.29) is 18.8 Å². The van der Waals surface area contributed by atoms with Crippen molar-refractivity contribution in [3.63, 3.8) is 0 Å². The predicted octanol–water partition coefficient (Wildman–Crippen LogP) is 0.807. The van der Waals surface area contributed by atoms with Crippen molar-refractivity contribution in [1.29, 1.82) is 5.41 Å². The number of halogens is 3. The first kappa shape index (κ1) is 11.2.